The van der Waals surface area contributed by atoms with Crippen LogP contribution in [0.5, 0.6) is 0 Å². The molecule has 0 bridgehead atoms. The van der Waals surface area contributed by atoms with Crippen molar-refractivity contribution in [3.05, 3.63) is 20.6 Å². The largest absolute Gasteiger partial charge is 0.466 e. The molecule has 0 aliphatic heterocycles. The summed E-state index contributed by atoms with van der Waals surface area (Å²) < 4.78 is 6.36. The molecule has 0 radical (unpaired) electrons. The first-order valence-corrected chi connectivity index (χ1v) is 5.63. The van der Waals surface area contributed by atoms with Crippen LogP contribution in [-0.2, 0) is 0 Å². The molecule has 0 amide bonds. The highest BCUT2D eigenvalue weighted by molar-refractivity contribution is 14.1. The monoisotopic (exact) mass is 306 g/mol. The smallest absolute Gasteiger partial charge is 0.178 e. The van der Waals surface area contributed by atoms with Gasteiger partial charge in [-0.2, -0.15) is 0 Å². The van der Waals surface area contributed by atoms with Gasteiger partial charge in [0, 0.05) is 0 Å². The van der Waals surface area contributed by atoms with E-state index >= 15 is 0 Å². The van der Waals surface area contributed by atoms with E-state index < -0.39 is 0 Å². The molecule has 13 heavy (non-hydrogen) atoms. The number of aryl methyl sites for hydroxylation is 2. The highest BCUT2D eigenvalue weighted by Gasteiger charge is 2.11. The van der Waals surface area contributed by atoms with Crippen molar-refractivity contribution in [2.24, 2.45) is 0 Å². The van der Waals surface area contributed by atoms with E-state index in [-0.39, 0.29) is 0 Å². The molecule has 0 atom stereocenters. The Morgan fingerprint density at radius 3 is 2.62 bits per heavy atom. The Balaban J connectivity index is 2.51. The third-order valence-corrected chi connectivity index (χ3v) is 3.29. The summed E-state index contributed by atoms with van der Waals surface area (Å²) >= 11 is 3.73. The van der Waals surface area contributed by atoms with Gasteiger partial charge in [-0.1, -0.05) is 11.3 Å². The van der Waals surface area contributed by atoms with Crippen LogP contribution in [-0.4, -0.2) is 10.2 Å². The van der Waals surface area contributed by atoms with Crippen LogP contribution in [0.3, 0.4) is 0 Å². The maximum absolute atomic E-state index is 5.41. The number of nitrogens with zero attached hydrogens (tertiary/aromatic N) is 2. The lowest BCUT2D eigenvalue weighted by Gasteiger charge is -1.87. The second-order valence-corrected chi connectivity index (χ2v) is 5.42. The van der Waals surface area contributed by atoms with Gasteiger partial charge in [0.05, 0.1) is 5.56 Å². The average Bonchev–Trinajstić information content (AvgIpc) is 2.58. The van der Waals surface area contributed by atoms with Gasteiger partial charge in [-0.05, 0) is 42.5 Å². The maximum atomic E-state index is 5.41. The predicted octanol–water partition coefficient (Wildman–Crippen LogP) is 3.02. The molecule has 0 saturated heterocycles. The third-order valence-electron chi connectivity index (χ3n) is 1.67. The summed E-state index contributed by atoms with van der Waals surface area (Å²) in [5.41, 5.74) is 1.05. The minimum atomic E-state index is 0.907. The molecular formula is C8H7IN2OS. The van der Waals surface area contributed by atoms with Crippen molar-refractivity contribution in [3.63, 3.8) is 0 Å². The molecule has 0 N–H and O–H groups in total. The molecule has 2 heterocycles. The fourth-order valence-corrected chi connectivity index (χ4v) is 2.53. The third kappa shape index (κ3) is 1.76. The molecule has 5 heteroatoms. The fraction of sp³-hybridized carbons (Fsp3) is 0.250. The predicted molar refractivity (Wildman–Crippen MR) is 59.8 cm³/mol. The van der Waals surface area contributed by atoms with Crippen molar-refractivity contribution in [1.29, 1.82) is 0 Å². The van der Waals surface area contributed by atoms with Gasteiger partial charge < -0.3 is 4.42 Å². The second kappa shape index (κ2) is 3.38. The van der Waals surface area contributed by atoms with Gasteiger partial charge in [0.1, 0.15) is 11.5 Å². The Hall–Kier alpha value is -0.430. The first-order chi connectivity index (χ1) is 6.16. The normalized spacial score (nSPS) is 10.7. The molecule has 2 aromatic heterocycles. The van der Waals surface area contributed by atoms with Crippen molar-refractivity contribution < 1.29 is 4.42 Å². The van der Waals surface area contributed by atoms with Crippen LogP contribution < -0.4 is 0 Å². The summed E-state index contributed by atoms with van der Waals surface area (Å²) in [5, 5.41) is 8.95. The van der Waals surface area contributed by atoms with Gasteiger partial charge in [0.25, 0.3) is 0 Å². The first-order valence-electron chi connectivity index (χ1n) is 3.73. The molecule has 0 fully saturated rings. The zero-order valence-electron chi connectivity index (χ0n) is 7.17. The molecule has 0 aliphatic carbocycles. The van der Waals surface area contributed by atoms with E-state index in [0.717, 1.165) is 25.1 Å². The lowest BCUT2D eigenvalue weighted by atomic mass is 10.2. The Kier molecular flexibility index (Phi) is 2.37. The number of hydrogen-bond acceptors (Lipinski definition) is 4. The van der Waals surface area contributed by atoms with Crippen LogP contribution in [0.4, 0.5) is 0 Å². The quantitative estimate of drug-likeness (QED) is 0.760. The van der Waals surface area contributed by atoms with E-state index in [2.05, 4.69) is 32.8 Å². The molecule has 0 saturated carbocycles. The summed E-state index contributed by atoms with van der Waals surface area (Å²) in [6.45, 7) is 3.87. The van der Waals surface area contributed by atoms with Gasteiger partial charge in [-0.25, -0.2) is 0 Å². The van der Waals surface area contributed by atoms with Crippen LogP contribution in [0.25, 0.3) is 10.6 Å². The Labute approximate surface area is 93.3 Å². The standard InChI is InChI=1S/C8H7IN2OS/c1-4-3-6(5(2)12-4)7-10-11-8(9)13-7/h3H,1-2H3. The molecule has 0 unspecified atom stereocenters. The fourth-order valence-electron chi connectivity index (χ4n) is 1.16. The lowest BCUT2D eigenvalue weighted by Crippen LogP contribution is -1.75. The van der Waals surface area contributed by atoms with Crippen molar-refractivity contribution in [2.45, 2.75) is 13.8 Å². The molecular weight excluding hydrogens is 299 g/mol. The van der Waals surface area contributed by atoms with E-state index in [1.165, 1.54) is 0 Å². The molecule has 2 aromatic rings. The molecule has 3 nitrogen and oxygen atoms in total. The summed E-state index contributed by atoms with van der Waals surface area (Å²) in [7, 11) is 0. The number of rotatable bonds is 1. The SMILES string of the molecule is Cc1cc(-c2nnc(I)s2)c(C)o1. The van der Waals surface area contributed by atoms with Crippen molar-refractivity contribution in [1.82, 2.24) is 10.2 Å². The summed E-state index contributed by atoms with van der Waals surface area (Å²) in [6, 6.07) is 1.99. The minimum absolute atomic E-state index is 0.907. The van der Waals surface area contributed by atoms with Gasteiger partial charge in [0.2, 0.25) is 0 Å². The van der Waals surface area contributed by atoms with E-state index in [0.29, 0.717) is 0 Å². The summed E-state index contributed by atoms with van der Waals surface area (Å²) in [4.78, 5) is 0. The number of aromatic nitrogens is 2. The molecule has 0 spiro atoms. The van der Waals surface area contributed by atoms with Crippen LogP contribution in [0.1, 0.15) is 11.5 Å². The highest BCUT2D eigenvalue weighted by Crippen LogP contribution is 2.29. The van der Waals surface area contributed by atoms with Crippen molar-refractivity contribution in [3.8, 4) is 10.6 Å². The van der Waals surface area contributed by atoms with Gasteiger partial charge in [-0.15, -0.1) is 10.2 Å². The molecule has 2 rings (SSSR count). The topological polar surface area (TPSA) is 38.9 Å². The van der Waals surface area contributed by atoms with Crippen molar-refractivity contribution >= 4 is 33.9 Å². The van der Waals surface area contributed by atoms with E-state index in [1.807, 2.05) is 19.9 Å². The zero-order valence-corrected chi connectivity index (χ0v) is 10.1. The van der Waals surface area contributed by atoms with E-state index in [9.17, 15) is 0 Å². The van der Waals surface area contributed by atoms with Crippen LogP contribution in [0.2, 0.25) is 0 Å². The zero-order chi connectivity index (χ0) is 9.42. The number of furan rings is 1. The van der Waals surface area contributed by atoms with Crippen LogP contribution in [0, 0.1) is 16.9 Å². The Morgan fingerprint density at radius 1 is 1.38 bits per heavy atom. The average molecular weight is 306 g/mol. The van der Waals surface area contributed by atoms with Gasteiger partial charge in [-0.3, -0.25) is 0 Å². The van der Waals surface area contributed by atoms with Crippen LogP contribution in [0.15, 0.2) is 10.5 Å². The first kappa shape index (κ1) is 9.14. The van der Waals surface area contributed by atoms with E-state index in [4.69, 9.17) is 4.42 Å². The van der Waals surface area contributed by atoms with Crippen LogP contribution >= 0.6 is 33.9 Å². The van der Waals surface area contributed by atoms with Gasteiger partial charge >= 0.3 is 0 Å². The van der Waals surface area contributed by atoms with E-state index in [1.54, 1.807) is 11.3 Å². The van der Waals surface area contributed by atoms with Crippen molar-refractivity contribution in [2.75, 3.05) is 0 Å². The minimum Gasteiger partial charge on any atom is -0.466 e. The maximum Gasteiger partial charge on any atom is 0.178 e. The molecule has 0 aliphatic rings. The molecule has 0 aromatic carbocycles. The second-order valence-electron chi connectivity index (χ2n) is 2.69. The van der Waals surface area contributed by atoms with Gasteiger partial charge in [0.15, 0.2) is 8.02 Å². The summed E-state index contributed by atoms with van der Waals surface area (Å²) in [5.74, 6) is 1.82. The molecule has 68 valence electrons. The highest BCUT2D eigenvalue weighted by atomic mass is 127. The Bertz CT molecular complexity index is 435. The number of halogens is 1. The summed E-state index contributed by atoms with van der Waals surface area (Å²) in [6.07, 6.45) is 0. The number of hydrogen-bond donors (Lipinski definition) is 0. The Morgan fingerprint density at radius 2 is 2.15 bits per heavy atom. The lowest BCUT2D eigenvalue weighted by molar-refractivity contribution is 0.505.